The molecule has 0 spiro atoms. The summed E-state index contributed by atoms with van der Waals surface area (Å²) >= 11 is 0. The van der Waals surface area contributed by atoms with E-state index in [4.69, 9.17) is 5.11 Å². The number of β-amino-alcohol motifs (C(OH)–C–C–N with tert-alkyl or cyclic N) is 1. The van der Waals surface area contributed by atoms with Crippen LogP contribution in [-0.2, 0) is 16.0 Å². The number of piperazine rings is 1. The zero-order chi connectivity index (χ0) is 17.1. The lowest BCUT2D eigenvalue weighted by molar-refractivity contribution is -0.156. The molecule has 4 amide bonds. The highest BCUT2D eigenvalue weighted by molar-refractivity contribution is 6.15. The number of carbonyl (C=O) groups excluding carboxylic acids is 3. The lowest BCUT2D eigenvalue weighted by Crippen LogP contribution is -2.66. The summed E-state index contributed by atoms with van der Waals surface area (Å²) < 4.78 is 0. The Morgan fingerprint density at radius 2 is 1.96 bits per heavy atom. The van der Waals surface area contributed by atoms with Gasteiger partial charge in [-0.05, 0) is 0 Å². The molecule has 0 saturated carbocycles. The summed E-state index contributed by atoms with van der Waals surface area (Å²) in [6.45, 7) is 2.86. The third-order valence-electron chi connectivity index (χ3n) is 4.27. The van der Waals surface area contributed by atoms with Gasteiger partial charge >= 0.3 is 6.03 Å². The molecule has 2 aliphatic rings. The van der Waals surface area contributed by atoms with Gasteiger partial charge in [-0.1, -0.05) is 0 Å². The molecule has 1 aromatic rings. The van der Waals surface area contributed by atoms with Crippen LogP contribution in [0.2, 0.25) is 0 Å². The predicted molar refractivity (Wildman–Crippen MR) is 81.3 cm³/mol. The number of nitrogens with one attached hydrogen (secondary N) is 2. The minimum absolute atomic E-state index is 0.0733. The first-order valence-corrected chi connectivity index (χ1v) is 7.84. The van der Waals surface area contributed by atoms with Crippen LogP contribution in [0.1, 0.15) is 5.69 Å². The number of carbonyl (C=O) groups is 3. The fraction of sp³-hybridized carbons (Fsp3) is 0.571. The van der Waals surface area contributed by atoms with Gasteiger partial charge in [0.15, 0.2) is 0 Å². The van der Waals surface area contributed by atoms with Crippen molar-refractivity contribution in [1.82, 2.24) is 30.2 Å². The van der Waals surface area contributed by atoms with Gasteiger partial charge in [0.2, 0.25) is 5.91 Å². The predicted octanol–water partition coefficient (Wildman–Crippen LogP) is -1.83. The highest BCUT2D eigenvalue weighted by atomic mass is 16.3. The number of aromatic amines is 1. The molecule has 2 fully saturated rings. The third kappa shape index (κ3) is 3.30. The standard InChI is InChI=1S/C14H20N6O4/c21-6-5-18-1-3-19(4-2-18)20-13(23)11(12(22)17-14(20)24)7-10-8-15-9-16-10/h8-9,11,21H,1-7H2,(H,15,16)(H,17,22,24). The van der Waals surface area contributed by atoms with Crippen LogP contribution in [0.25, 0.3) is 0 Å². The topological polar surface area (TPSA) is 122 Å². The van der Waals surface area contributed by atoms with Crippen molar-refractivity contribution in [3.63, 3.8) is 0 Å². The van der Waals surface area contributed by atoms with Crippen LogP contribution in [0.3, 0.4) is 0 Å². The van der Waals surface area contributed by atoms with Crippen molar-refractivity contribution in [3.05, 3.63) is 18.2 Å². The molecule has 10 nitrogen and oxygen atoms in total. The average molecular weight is 336 g/mol. The molecule has 0 aliphatic carbocycles. The summed E-state index contributed by atoms with van der Waals surface area (Å²) in [7, 11) is 0. The van der Waals surface area contributed by atoms with E-state index in [0.29, 0.717) is 38.4 Å². The molecule has 3 rings (SSSR count). The maximum absolute atomic E-state index is 12.7. The monoisotopic (exact) mass is 336 g/mol. The van der Waals surface area contributed by atoms with Crippen LogP contribution in [0.4, 0.5) is 4.79 Å². The van der Waals surface area contributed by atoms with Crippen LogP contribution < -0.4 is 5.32 Å². The van der Waals surface area contributed by atoms with Gasteiger partial charge < -0.3 is 10.1 Å². The van der Waals surface area contributed by atoms with Crippen molar-refractivity contribution in [3.8, 4) is 0 Å². The number of aliphatic hydroxyl groups is 1. The molecular weight excluding hydrogens is 316 g/mol. The number of urea groups is 1. The summed E-state index contributed by atoms with van der Waals surface area (Å²) in [5.74, 6) is -2.07. The molecule has 10 heteroatoms. The van der Waals surface area contributed by atoms with E-state index >= 15 is 0 Å². The number of hydrogen-bond acceptors (Lipinski definition) is 7. The minimum Gasteiger partial charge on any atom is -0.395 e. The number of H-pyrrole nitrogens is 1. The molecule has 3 N–H and O–H groups in total. The SMILES string of the molecule is O=C1NC(=O)N(N2CCN(CCO)CC2)C(=O)C1Cc1cnc[nH]1. The molecule has 1 unspecified atom stereocenters. The first kappa shape index (κ1) is 16.6. The van der Waals surface area contributed by atoms with Gasteiger partial charge in [-0.25, -0.2) is 14.8 Å². The fourth-order valence-corrected chi connectivity index (χ4v) is 2.97. The van der Waals surface area contributed by atoms with E-state index < -0.39 is 23.8 Å². The highest BCUT2D eigenvalue weighted by Crippen LogP contribution is 2.18. The molecule has 130 valence electrons. The summed E-state index contributed by atoms with van der Waals surface area (Å²) in [5, 5.41) is 13.9. The molecular formula is C14H20N6O4. The molecule has 0 aromatic carbocycles. The maximum atomic E-state index is 12.7. The van der Waals surface area contributed by atoms with Gasteiger partial charge in [-0.2, -0.15) is 5.01 Å². The number of amides is 4. The number of hydrogen-bond donors (Lipinski definition) is 3. The van der Waals surface area contributed by atoms with Gasteiger partial charge in [0.05, 0.1) is 12.9 Å². The minimum atomic E-state index is -0.960. The second-order valence-corrected chi connectivity index (χ2v) is 5.80. The number of imide groups is 2. The molecule has 0 bridgehead atoms. The zero-order valence-electron chi connectivity index (χ0n) is 13.1. The third-order valence-corrected chi connectivity index (χ3v) is 4.27. The Morgan fingerprint density at radius 1 is 1.21 bits per heavy atom. The summed E-state index contributed by atoms with van der Waals surface area (Å²) in [4.78, 5) is 45.6. The number of barbiturate groups is 1. The molecule has 2 aliphatic heterocycles. The number of nitrogens with zero attached hydrogens (tertiary/aromatic N) is 4. The Balaban J connectivity index is 1.69. The van der Waals surface area contributed by atoms with Crippen molar-refractivity contribution >= 4 is 17.8 Å². The van der Waals surface area contributed by atoms with Gasteiger partial charge in [0, 0.05) is 51.0 Å². The maximum Gasteiger partial charge on any atom is 0.345 e. The molecule has 1 atom stereocenters. The summed E-state index contributed by atoms with van der Waals surface area (Å²) in [5.41, 5.74) is 0.658. The lowest BCUT2D eigenvalue weighted by atomic mass is 10.00. The Kier molecular flexibility index (Phi) is 4.88. The first-order chi connectivity index (χ1) is 11.6. The highest BCUT2D eigenvalue weighted by Gasteiger charge is 2.43. The summed E-state index contributed by atoms with van der Waals surface area (Å²) in [6, 6.07) is -0.707. The second kappa shape index (κ2) is 7.07. The van der Waals surface area contributed by atoms with E-state index in [0.717, 1.165) is 5.01 Å². The molecule has 1 aromatic heterocycles. The Labute approximate surface area is 138 Å². The number of aromatic nitrogens is 2. The molecule has 0 radical (unpaired) electrons. The van der Waals surface area contributed by atoms with Gasteiger partial charge in [0.1, 0.15) is 5.92 Å². The van der Waals surface area contributed by atoms with Crippen molar-refractivity contribution in [1.29, 1.82) is 0 Å². The van der Waals surface area contributed by atoms with Crippen molar-refractivity contribution in [2.75, 3.05) is 39.3 Å². The van der Waals surface area contributed by atoms with E-state index in [2.05, 4.69) is 20.2 Å². The van der Waals surface area contributed by atoms with Crippen LogP contribution in [-0.4, -0.2) is 87.2 Å². The van der Waals surface area contributed by atoms with E-state index in [-0.39, 0.29) is 13.0 Å². The Bertz CT molecular complexity index is 611. The van der Waals surface area contributed by atoms with Crippen molar-refractivity contribution in [2.45, 2.75) is 6.42 Å². The van der Waals surface area contributed by atoms with E-state index in [9.17, 15) is 14.4 Å². The second-order valence-electron chi connectivity index (χ2n) is 5.80. The lowest BCUT2D eigenvalue weighted by Gasteiger charge is -2.42. The quantitative estimate of drug-likeness (QED) is 0.541. The first-order valence-electron chi connectivity index (χ1n) is 7.84. The Morgan fingerprint density at radius 3 is 2.58 bits per heavy atom. The van der Waals surface area contributed by atoms with Gasteiger partial charge in [-0.3, -0.25) is 19.8 Å². The van der Waals surface area contributed by atoms with Crippen LogP contribution in [0.5, 0.6) is 0 Å². The smallest absolute Gasteiger partial charge is 0.345 e. The number of rotatable bonds is 5. The zero-order valence-corrected chi connectivity index (χ0v) is 13.1. The van der Waals surface area contributed by atoms with Crippen LogP contribution in [0, 0.1) is 5.92 Å². The molecule has 24 heavy (non-hydrogen) atoms. The van der Waals surface area contributed by atoms with E-state index in [1.165, 1.54) is 6.33 Å². The molecule has 3 heterocycles. The number of imidazole rings is 1. The number of hydrazine groups is 1. The largest absolute Gasteiger partial charge is 0.395 e. The van der Waals surface area contributed by atoms with Crippen molar-refractivity contribution in [2.24, 2.45) is 5.92 Å². The Hall–Kier alpha value is -2.30. The van der Waals surface area contributed by atoms with Gasteiger partial charge in [0.25, 0.3) is 5.91 Å². The fourth-order valence-electron chi connectivity index (χ4n) is 2.97. The average Bonchev–Trinajstić information content (AvgIpc) is 3.06. The van der Waals surface area contributed by atoms with Crippen molar-refractivity contribution < 1.29 is 19.5 Å². The molecule has 2 saturated heterocycles. The van der Waals surface area contributed by atoms with Crippen LogP contribution in [0.15, 0.2) is 12.5 Å². The van der Waals surface area contributed by atoms with Crippen LogP contribution >= 0.6 is 0 Å². The number of aliphatic hydroxyl groups excluding tert-OH is 1. The normalized spacial score (nSPS) is 23.6. The van der Waals surface area contributed by atoms with E-state index in [1.807, 2.05) is 0 Å². The van der Waals surface area contributed by atoms with Gasteiger partial charge in [-0.15, -0.1) is 0 Å². The summed E-state index contributed by atoms with van der Waals surface area (Å²) in [6.07, 6.45) is 3.19. The van der Waals surface area contributed by atoms with E-state index in [1.54, 1.807) is 11.2 Å².